The van der Waals surface area contributed by atoms with Crippen LogP contribution in [0.3, 0.4) is 0 Å². The van der Waals surface area contributed by atoms with Crippen LogP contribution in [0.25, 0.3) is 0 Å². The molecule has 2 rings (SSSR count). The zero-order valence-corrected chi connectivity index (χ0v) is 12.7. The van der Waals surface area contributed by atoms with Gasteiger partial charge in [-0.15, -0.1) is 11.6 Å². The Hall–Kier alpha value is -0.183. The van der Waals surface area contributed by atoms with Crippen LogP contribution in [0.2, 0.25) is 11.6 Å². The molecular formula is C13H19AlTi. The average Bonchev–Trinajstić information content (AvgIpc) is 3.01. The molecule has 0 unspecified atom stereocenters. The SMILES string of the molecule is [CH2]=[Ti+2].[CH3][AlH][CH3].c1cc[cH-]c1.c1cc[cH-]c1. The van der Waals surface area contributed by atoms with Gasteiger partial charge in [-0.3, -0.25) is 0 Å². The summed E-state index contributed by atoms with van der Waals surface area (Å²) in [7, 11) is 0. The molecule has 0 heterocycles. The van der Waals surface area contributed by atoms with Crippen molar-refractivity contribution in [3.05, 3.63) is 60.7 Å². The molecule has 0 N–H and O–H groups in total. The van der Waals surface area contributed by atoms with E-state index < -0.39 is 0 Å². The van der Waals surface area contributed by atoms with Gasteiger partial charge in [0.25, 0.3) is 0 Å². The molecule has 15 heavy (non-hydrogen) atoms. The minimum atomic E-state index is 0.417. The number of hydrogen-bond acceptors (Lipinski definition) is 0. The van der Waals surface area contributed by atoms with E-state index in [-0.39, 0.29) is 0 Å². The van der Waals surface area contributed by atoms with Gasteiger partial charge in [0.15, 0.2) is 0 Å². The summed E-state index contributed by atoms with van der Waals surface area (Å²) in [6.07, 6.45) is 0. The summed E-state index contributed by atoms with van der Waals surface area (Å²) in [5.41, 5.74) is 0. The molecule has 0 radical (unpaired) electrons. The van der Waals surface area contributed by atoms with Crippen molar-refractivity contribution in [3.63, 3.8) is 0 Å². The zero-order chi connectivity index (χ0) is 11.8. The van der Waals surface area contributed by atoms with Crippen molar-refractivity contribution in [2.75, 3.05) is 0 Å². The van der Waals surface area contributed by atoms with Gasteiger partial charge >= 0.3 is 24.8 Å². The van der Waals surface area contributed by atoms with E-state index in [9.17, 15) is 0 Å². The van der Waals surface area contributed by atoms with Crippen LogP contribution in [0.1, 0.15) is 0 Å². The fourth-order valence-corrected chi connectivity index (χ4v) is 0.642. The maximum atomic E-state index is 3.25. The molecule has 0 atom stereocenters. The van der Waals surface area contributed by atoms with Gasteiger partial charge in [-0.25, -0.2) is 24.3 Å². The fourth-order valence-electron chi connectivity index (χ4n) is 0.642. The Balaban J connectivity index is 0. The monoisotopic (exact) mass is 250 g/mol. The van der Waals surface area contributed by atoms with E-state index in [1.54, 1.807) is 20.0 Å². The average molecular weight is 250 g/mol. The topological polar surface area (TPSA) is 0 Å². The van der Waals surface area contributed by atoms with E-state index in [4.69, 9.17) is 0 Å². The Morgan fingerprint density at radius 2 is 1.00 bits per heavy atom. The molecule has 0 nitrogen and oxygen atoms in total. The Labute approximate surface area is 112 Å². The molecule has 0 spiro atoms. The predicted molar refractivity (Wildman–Crippen MR) is 70.1 cm³/mol. The number of hydrogen-bond donors (Lipinski definition) is 0. The zero-order valence-electron chi connectivity index (χ0n) is 9.69. The van der Waals surface area contributed by atoms with Crippen molar-refractivity contribution in [2.45, 2.75) is 11.6 Å². The first-order valence-electron chi connectivity index (χ1n) is 5.10. The summed E-state index contributed by atoms with van der Waals surface area (Å²) < 4.78 is 0. The summed E-state index contributed by atoms with van der Waals surface area (Å²) in [5, 5.41) is 0. The summed E-state index contributed by atoms with van der Waals surface area (Å²) in [6.45, 7) is 0. The smallest absolute Gasteiger partial charge is 0.214 e. The molecule has 0 fully saturated rings. The van der Waals surface area contributed by atoms with Crippen molar-refractivity contribution < 1.29 is 20.0 Å². The van der Waals surface area contributed by atoms with Crippen LogP contribution in [0.5, 0.6) is 0 Å². The minimum Gasteiger partial charge on any atom is -0.214 e. The Bertz CT molecular complexity index is 175. The first-order valence-corrected chi connectivity index (χ1v) is 9.03. The van der Waals surface area contributed by atoms with Crippen LogP contribution in [-0.4, -0.2) is 20.0 Å². The molecular weight excluding hydrogens is 231 g/mol. The van der Waals surface area contributed by atoms with Gasteiger partial charge in [-0.1, -0.05) is 0 Å². The molecule has 78 valence electrons. The van der Waals surface area contributed by atoms with Crippen molar-refractivity contribution in [1.29, 1.82) is 0 Å². The van der Waals surface area contributed by atoms with Gasteiger partial charge in [0.05, 0.1) is 0 Å². The van der Waals surface area contributed by atoms with Crippen molar-refractivity contribution >= 4 is 20.0 Å². The standard InChI is InChI=1S/2C5H5.2CH3.CH2.Al.Ti.H/c2*1-2-4-5-3-1;;;;;;/h2*1-5H;2*1H3;1H2;;;/q2*-1;;;;;+2;. The van der Waals surface area contributed by atoms with Crippen LogP contribution < -0.4 is 0 Å². The molecule has 2 aromatic rings. The van der Waals surface area contributed by atoms with Crippen molar-refractivity contribution in [2.24, 2.45) is 0 Å². The van der Waals surface area contributed by atoms with E-state index >= 15 is 0 Å². The van der Waals surface area contributed by atoms with Crippen LogP contribution in [0.4, 0.5) is 0 Å². The van der Waals surface area contributed by atoms with Gasteiger partial charge in [0.2, 0.25) is 15.2 Å². The van der Waals surface area contributed by atoms with Crippen molar-refractivity contribution in [3.8, 4) is 0 Å². The van der Waals surface area contributed by atoms with E-state index in [0.717, 1.165) is 0 Å². The molecule has 0 aliphatic carbocycles. The van der Waals surface area contributed by atoms with E-state index in [2.05, 4.69) is 16.4 Å². The van der Waals surface area contributed by atoms with Crippen LogP contribution in [0.15, 0.2) is 60.7 Å². The van der Waals surface area contributed by atoms with Gasteiger partial charge in [0, 0.05) is 0 Å². The molecule has 0 aromatic heterocycles. The van der Waals surface area contributed by atoms with Gasteiger partial charge in [-0.05, 0) is 0 Å². The Morgan fingerprint density at radius 1 is 0.800 bits per heavy atom. The van der Waals surface area contributed by atoms with Gasteiger partial charge in [-0.2, -0.15) is 36.4 Å². The summed E-state index contributed by atoms with van der Waals surface area (Å²) in [6, 6.07) is 20.0. The second-order valence-electron chi connectivity index (χ2n) is 2.63. The molecule has 0 saturated carbocycles. The molecule has 2 heteroatoms. The van der Waals surface area contributed by atoms with E-state index in [1.165, 1.54) is 0 Å². The summed E-state index contributed by atoms with van der Waals surface area (Å²) in [4.78, 5) is 3.25. The quantitative estimate of drug-likeness (QED) is 0.497. The third-order valence-electron chi connectivity index (χ3n) is 1.11. The fraction of sp³-hybridized carbons (Fsp3) is 0.154. The third-order valence-corrected chi connectivity index (χ3v) is 1.11. The van der Waals surface area contributed by atoms with Crippen LogP contribution >= 0.6 is 0 Å². The maximum absolute atomic E-state index is 3.25. The maximum Gasteiger partial charge on any atom is 0.229 e. The van der Waals surface area contributed by atoms with Crippen LogP contribution in [0, 0.1) is 0 Å². The Kier molecular flexibility index (Phi) is 22.3. The van der Waals surface area contributed by atoms with Gasteiger partial charge < -0.3 is 0 Å². The second kappa shape index (κ2) is 19.4. The largest absolute Gasteiger partial charge is 0.229 e. The first-order chi connectivity index (χ1) is 7.41. The molecule has 0 amide bonds. The third kappa shape index (κ3) is 20.0. The minimum absolute atomic E-state index is 0.417. The molecule has 0 saturated heterocycles. The molecule has 0 aliphatic heterocycles. The van der Waals surface area contributed by atoms with E-state index in [1.807, 2.05) is 60.7 Å². The summed E-state index contributed by atoms with van der Waals surface area (Å²) >= 11 is 2.17. The Morgan fingerprint density at radius 3 is 1.07 bits per heavy atom. The predicted octanol–water partition coefficient (Wildman–Crippen LogP) is 3.30. The van der Waals surface area contributed by atoms with E-state index in [0.29, 0.717) is 15.2 Å². The molecule has 0 bridgehead atoms. The van der Waals surface area contributed by atoms with Crippen molar-refractivity contribution in [1.82, 2.24) is 0 Å². The summed E-state index contributed by atoms with van der Waals surface area (Å²) in [5.74, 6) is 4.53. The van der Waals surface area contributed by atoms with Crippen LogP contribution in [-0.2, 0) is 20.0 Å². The normalized spacial score (nSPS) is 6.67. The molecule has 0 aliphatic rings. The second-order valence-corrected chi connectivity index (χ2v) is 4.05. The molecule has 2 aromatic carbocycles. The first kappa shape index (κ1) is 17.2. The number of rotatable bonds is 0. The van der Waals surface area contributed by atoms with Gasteiger partial charge in [0.1, 0.15) is 0 Å².